The summed E-state index contributed by atoms with van der Waals surface area (Å²) in [7, 11) is 0. The van der Waals surface area contributed by atoms with E-state index in [9.17, 15) is 0 Å². The van der Waals surface area contributed by atoms with Crippen molar-refractivity contribution >= 4 is 0 Å². The van der Waals surface area contributed by atoms with E-state index in [1.165, 1.54) is 33.4 Å². The number of hydrogen-bond acceptors (Lipinski definition) is 1. The first-order chi connectivity index (χ1) is 7.59. The molecule has 96 valence electrons. The SMILES string of the molecule is Cc1c(C)c(C)c(C(N)C(C)(C)C)c(C)c1C. The molecule has 1 unspecified atom stereocenters. The van der Waals surface area contributed by atoms with Crippen LogP contribution in [0.3, 0.4) is 0 Å². The van der Waals surface area contributed by atoms with E-state index < -0.39 is 0 Å². The van der Waals surface area contributed by atoms with Crippen molar-refractivity contribution in [3.05, 3.63) is 33.4 Å². The molecule has 2 N–H and O–H groups in total. The van der Waals surface area contributed by atoms with Crippen LogP contribution in [0.4, 0.5) is 0 Å². The van der Waals surface area contributed by atoms with Crippen molar-refractivity contribution < 1.29 is 0 Å². The van der Waals surface area contributed by atoms with Crippen molar-refractivity contribution in [2.75, 3.05) is 0 Å². The molecule has 0 heterocycles. The van der Waals surface area contributed by atoms with Crippen LogP contribution in [0.15, 0.2) is 0 Å². The fourth-order valence-corrected chi connectivity index (χ4v) is 2.43. The van der Waals surface area contributed by atoms with Crippen LogP contribution < -0.4 is 5.73 Å². The molecule has 1 rings (SSSR count). The fourth-order valence-electron chi connectivity index (χ4n) is 2.43. The fraction of sp³-hybridized carbons (Fsp3) is 0.625. The summed E-state index contributed by atoms with van der Waals surface area (Å²) in [5, 5.41) is 0. The molecular weight excluding hydrogens is 206 g/mol. The van der Waals surface area contributed by atoms with E-state index in [0.717, 1.165) is 0 Å². The van der Waals surface area contributed by atoms with Gasteiger partial charge in [-0.2, -0.15) is 0 Å². The van der Waals surface area contributed by atoms with Gasteiger partial charge in [-0.05, 0) is 73.4 Å². The Morgan fingerprint density at radius 3 is 1.29 bits per heavy atom. The molecule has 0 spiro atoms. The summed E-state index contributed by atoms with van der Waals surface area (Å²) in [6.45, 7) is 17.7. The Balaban J connectivity index is 3.55. The van der Waals surface area contributed by atoms with Crippen LogP contribution in [-0.2, 0) is 0 Å². The molecule has 0 aliphatic heterocycles. The summed E-state index contributed by atoms with van der Waals surface area (Å²) in [5.41, 5.74) is 14.8. The first-order valence-electron chi connectivity index (χ1n) is 6.41. The predicted octanol–water partition coefficient (Wildman–Crippen LogP) is 4.27. The van der Waals surface area contributed by atoms with Crippen molar-refractivity contribution in [3.63, 3.8) is 0 Å². The van der Waals surface area contributed by atoms with Gasteiger partial charge in [0.05, 0.1) is 0 Å². The van der Waals surface area contributed by atoms with Crippen LogP contribution in [0.5, 0.6) is 0 Å². The normalized spacial score (nSPS) is 13.9. The highest BCUT2D eigenvalue weighted by molar-refractivity contribution is 5.51. The lowest BCUT2D eigenvalue weighted by Gasteiger charge is -2.32. The van der Waals surface area contributed by atoms with Crippen LogP contribution >= 0.6 is 0 Å². The average molecular weight is 233 g/mol. The third-order valence-electron chi connectivity index (χ3n) is 4.30. The predicted molar refractivity (Wildman–Crippen MR) is 76.5 cm³/mol. The van der Waals surface area contributed by atoms with Gasteiger partial charge in [-0.3, -0.25) is 0 Å². The van der Waals surface area contributed by atoms with Gasteiger partial charge < -0.3 is 5.73 Å². The highest BCUT2D eigenvalue weighted by atomic mass is 14.7. The second-order valence-electron chi connectivity index (χ2n) is 6.38. The van der Waals surface area contributed by atoms with Crippen molar-refractivity contribution in [1.82, 2.24) is 0 Å². The van der Waals surface area contributed by atoms with Gasteiger partial charge >= 0.3 is 0 Å². The van der Waals surface area contributed by atoms with E-state index in [1.807, 2.05) is 0 Å². The number of rotatable bonds is 1. The molecule has 1 heteroatoms. The monoisotopic (exact) mass is 233 g/mol. The van der Waals surface area contributed by atoms with Crippen LogP contribution in [0.2, 0.25) is 0 Å². The molecule has 1 nitrogen and oxygen atoms in total. The molecule has 0 amide bonds. The molecule has 0 saturated carbocycles. The zero-order valence-electron chi connectivity index (χ0n) is 12.7. The van der Waals surface area contributed by atoms with E-state index in [1.54, 1.807) is 0 Å². The van der Waals surface area contributed by atoms with Gasteiger partial charge in [-0.1, -0.05) is 20.8 Å². The summed E-state index contributed by atoms with van der Waals surface area (Å²) >= 11 is 0. The smallest absolute Gasteiger partial charge is 0.0349 e. The molecule has 0 bridgehead atoms. The van der Waals surface area contributed by atoms with E-state index in [0.29, 0.717) is 0 Å². The summed E-state index contributed by atoms with van der Waals surface area (Å²) in [4.78, 5) is 0. The molecule has 0 aliphatic rings. The van der Waals surface area contributed by atoms with Gasteiger partial charge in [0, 0.05) is 6.04 Å². The molecule has 17 heavy (non-hydrogen) atoms. The first-order valence-corrected chi connectivity index (χ1v) is 6.41. The molecule has 1 aromatic rings. The Hall–Kier alpha value is -0.820. The van der Waals surface area contributed by atoms with Crippen LogP contribution in [-0.4, -0.2) is 0 Å². The molecule has 0 aliphatic carbocycles. The Morgan fingerprint density at radius 1 is 0.706 bits per heavy atom. The van der Waals surface area contributed by atoms with Crippen LogP contribution in [0, 0.1) is 40.0 Å². The van der Waals surface area contributed by atoms with E-state index in [-0.39, 0.29) is 11.5 Å². The van der Waals surface area contributed by atoms with E-state index >= 15 is 0 Å². The first kappa shape index (κ1) is 14.2. The Labute approximate surface area is 106 Å². The van der Waals surface area contributed by atoms with Crippen molar-refractivity contribution in [2.24, 2.45) is 11.1 Å². The van der Waals surface area contributed by atoms with E-state index in [4.69, 9.17) is 5.73 Å². The molecule has 0 aromatic heterocycles. The van der Waals surface area contributed by atoms with Crippen LogP contribution in [0.25, 0.3) is 0 Å². The average Bonchev–Trinajstić information content (AvgIpc) is 2.22. The third-order valence-corrected chi connectivity index (χ3v) is 4.30. The minimum atomic E-state index is 0.0977. The van der Waals surface area contributed by atoms with E-state index in [2.05, 4.69) is 55.4 Å². The topological polar surface area (TPSA) is 26.0 Å². The molecule has 1 aromatic carbocycles. The minimum absolute atomic E-state index is 0.0977. The maximum absolute atomic E-state index is 6.46. The summed E-state index contributed by atoms with van der Waals surface area (Å²) < 4.78 is 0. The number of benzene rings is 1. The maximum atomic E-state index is 6.46. The maximum Gasteiger partial charge on any atom is 0.0349 e. The van der Waals surface area contributed by atoms with Gasteiger partial charge in [0.1, 0.15) is 0 Å². The number of nitrogens with two attached hydrogens (primary N) is 1. The lowest BCUT2D eigenvalue weighted by atomic mass is 9.77. The molecule has 0 radical (unpaired) electrons. The van der Waals surface area contributed by atoms with Gasteiger partial charge in [0.2, 0.25) is 0 Å². The molecule has 1 atom stereocenters. The minimum Gasteiger partial charge on any atom is -0.323 e. The Kier molecular flexibility index (Phi) is 3.73. The standard InChI is InChI=1S/C16H27N/c1-9-10(2)12(4)14(13(5)11(9)3)15(17)16(6,7)8/h15H,17H2,1-8H3. The zero-order valence-corrected chi connectivity index (χ0v) is 12.7. The quantitative estimate of drug-likeness (QED) is 0.770. The van der Waals surface area contributed by atoms with Gasteiger partial charge in [-0.25, -0.2) is 0 Å². The zero-order chi connectivity index (χ0) is 13.5. The van der Waals surface area contributed by atoms with Gasteiger partial charge in [-0.15, -0.1) is 0 Å². The molecular formula is C16H27N. The third kappa shape index (κ3) is 2.40. The van der Waals surface area contributed by atoms with Crippen molar-refractivity contribution in [2.45, 2.75) is 61.4 Å². The summed E-state index contributed by atoms with van der Waals surface area (Å²) in [6, 6.07) is 0.0977. The highest BCUT2D eigenvalue weighted by Crippen LogP contribution is 2.37. The molecule has 0 saturated heterocycles. The Morgan fingerprint density at radius 2 is 1.00 bits per heavy atom. The molecule has 0 fully saturated rings. The lowest BCUT2D eigenvalue weighted by molar-refractivity contribution is 0.325. The van der Waals surface area contributed by atoms with Crippen molar-refractivity contribution in [1.29, 1.82) is 0 Å². The second kappa shape index (κ2) is 4.45. The highest BCUT2D eigenvalue weighted by Gasteiger charge is 2.26. The van der Waals surface area contributed by atoms with Gasteiger partial charge in [0.15, 0.2) is 0 Å². The second-order valence-corrected chi connectivity index (χ2v) is 6.38. The lowest BCUT2D eigenvalue weighted by Crippen LogP contribution is -2.28. The summed E-state index contributed by atoms with van der Waals surface area (Å²) in [5.74, 6) is 0. The van der Waals surface area contributed by atoms with Crippen LogP contribution in [0.1, 0.15) is 60.2 Å². The Bertz CT molecular complexity index is 407. The summed E-state index contributed by atoms with van der Waals surface area (Å²) in [6.07, 6.45) is 0. The largest absolute Gasteiger partial charge is 0.323 e. The number of hydrogen-bond donors (Lipinski definition) is 1. The van der Waals surface area contributed by atoms with Crippen molar-refractivity contribution in [3.8, 4) is 0 Å². The van der Waals surface area contributed by atoms with Gasteiger partial charge in [0.25, 0.3) is 0 Å².